The molecule has 14 heavy (non-hydrogen) atoms. The summed E-state index contributed by atoms with van der Waals surface area (Å²) in [6.45, 7) is -0.533. The highest BCUT2D eigenvalue weighted by Gasteiger charge is 2.43. The molecule has 0 spiro atoms. The van der Waals surface area contributed by atoms with E-state index in [1.807, 2.05) is 0 Å². The van der Waals surface area contributed by atoms with Crippen molar-refractivity contribution in [2.75, 3.05) is 6.61 Å². The molecule has 0 bridgehead atoms. The summed E-state index contributed by atoms with van der Waals surface area (Å²) in [5, 5.41) is 37.8. The summed E-state index contributed by atoms with van der Waals surface area (Å²) in [5.74, 6) is 0. The van der Waals surface area contributed by atoms with Crippen LogP contribution in [0.1, 0.15) is 0 Å². The van der Waals surface area contributed by atoms with Crippen LogP contribution in [0.15, 0.2) is 12.3 Å². The summed E-state index contributed by atoms with van der Waals surface area (Å²) in [4.78, 5) is 10.3. The van der Waals surface area contributed by atoms with Crippen molar-refractivity contribution < 1.29 is 30.0 Å². The number of carbonyl (C=O) groups is 1. The number of aliphatic hydroxyl groups excluding tert-OH is 2. The van der Waals surface area contributed by atoms with Gasteiger partial charge < -0.3 is 25.2 Å². The Morgan fingerprint density at radius 3 is 2.79 bits per heavy atom. The van der Waals surface area contributed by atoms with Crippen LogP contribution >= 0.6 is 0 Å². The molecular formula is C7H11NO6. The molecule has 0 aromatic heterocycles. The average molecular weight is 205 g/mol. The quantitative estimate of drug-likeness (QED) is 0.339. The Balaban J connectivity index is 2.81. The fourth-order valence-corrected chi connectivity index (χ4v) is 1.13. The van der Waals surface area contributed by atoms with Crippen LogP contribution in [0.5, 0.6) is 0 Å². The van der Waals surface area contributed by atoms with Crippen LogP contribution in [0, 0.1) is 0 Å². The van der Waals surface area contributed by atoms with Crippen LogP contribution in [-0.4, -0.2) is 51.1 Å². The first-order chi connectivity index (χ1) is 6.49. The highest BCUT2D eigenvalue weighted by Crippen LogP contribution is 2.20. The van der Waals surface area contributed by atoms with E-state index in [1.54, 1.807) is 5.32 Å². The predicted octanol–water partition coefficient (Wildman–Crippen LogP) is -1.79. The molecule has 3 atom stereocenters. The molecule has 7 heteroatoms. The van der Waals surface area contributed by atoms with Crippen LogP contribution in [0.25, 0.3) is 0 Å². The van der Waals surface area contributed by atoms with Crippen molar-refractivity contribution in [1.29, 1.82) is 0 Å². The summed E-state index contributed by atoms with van der Waals surface area (Å²) in [5.41, 5.74) is -2.13. The maximum atomic E-state index is 10.3. The number of carboxylic acid groups (broad SMARTS) is 1. The summed E-state index contributed by atoms with van der Waals surface area (Å²) < 4.78 is 4.74. The molecule has 1 heterocycles. The minimum atomic E-state index is -2.13. The SMILES string of the molecule is O=C(O)N[C@]1(O)C=CO[C@H](CO)[C@H]1O. The summed E-state index contributed by atoms with van der Waals surface area (Å²) in [7, 11) is 0. The van der Waals surface area contributed by atoms with Crippen LogP contribution in [0.2, 0.25) is 0 Å². The normalized spacial score (nSPS) is 36.2. The molecule has 0 unspecified atom stereocenters. The number of hydrogen-bond donors (Lipinski definition) is 5. The average Bonchev–Trinajstić information content (AvgIpc) is 2.09. The molecule has 0 saturated carbocycles. The van der Waals surface area contributed by atoms with Crippen molar-refractivity contribution in [3.05, 3.63) is 12.3 Å². The minimum absolute atomic E-state index is 0.533. The second-order valence-corrected chi connectivity index (χ2v) is 2.86. The molecule has 1 aliphatic heterocycles. The summed E-state index contributed by atoms with van der Waals surface area (Å²) in [6, 6.07) is 0. The van der Waals surface area contributed by atoms with Crippen molar-refractivity contribution >= 4 is 6.09 Å². The monoisotopic (exact) mass is 205 g/mol. The van der Waals surface area contributed by atoms with E-state index in [4.69, 9.17) is 14.9 Å². The summed E-state index contributed by atoms with van der Waals surface area (Å²) in [6.07, 6.45) is -2.14. The van der Waals surface area contributed by atoms with Crippen molar-refractivity contribution in [3.8, 4) is 0 Å². The molecular weight excluding hydrogens is 194 g/mol. The second kappa shape index (κ2) is 3.82. The van der Waals surface area contributed by atoms with Gasteiger partial charge in [-0.05, 0) is 0 Å². The predicted molar refractivity (Wildman–Crippen MR) is 43.2 cm³/mol. The standard InChI is InChI=1S/C7H11NO6/c9-3-4-5(10)7(13,1-2-14-4)8-6(11)12/h1-2,4-5,8-10,13H,3H2,(H,11,12)/t4-,5-,7+/m1/s1. The Hall–Kier alpha value is -1.31. The van der Waals surface area contributed by atoms with Crippen molar-refractivity contribution in [2.24, 2.45) is 0 Å². The third-order valence-electron chi connectivity index (χ3n) is 1.87. The molecule has 0 aromatic rings. The fraction of sp³-hybridized carbons (Fsp3) is 0.571. The Kier molecular flexibility index (Phi) is 2.94. The number of ether oxygens (including phenoxy) is 1. The van der Waals surface area contributed by atoms with E-state index in [0.717, 1.165) is 12.3 Å². The van der Waals surface area contributed by atoms with E-state index < -0.39 is 30.6 Å². The Morgan fingerprint density at radius 2 is 2.29 bits per heavy atom. The van der Waals surface area contributed by atoms with Gasteiger partial charge in [-0.1, -0.05) is 0 Å². The molecule has 0 saturated heterocycles. The number of rotatable bonds is 2. The summed E-state index contributed by atoms with van der Waals surface area (Å²) >= 11 is 0. The van der Waals surface area contributed by atoms with Crippen molar-refractivity contribution in [3.63, 3.8) is 0 Å². The zero-order valence-electron chi connectivity index (χ0n) is 7.12. The molecule has 5 N–H and O–H groups in total. The number of amides is 1. The van der Waals surface area contributed by atoms with Crippen molar-refractivity contribution in [2.45, 2.75) is 17.9 Å². The van der Waals surface area contributed by atoms with E-state index in [0.29, 0.717) is 0 Å². The smallest absolute Gasteiger partial charge is 0.407 e. The number of aliphatic hydroxyl groups is 3. The van der Waals surface area contributed by atoms with Crippen LogP contribution in [0.4, 0.5) is 4.79 Å². The van der Waals surface area contributed by atoms with Gasteiger partial charge in [-0.15, -0.1) is 0 Å². The van der Waals surface area contributed by atoms with E-state index in [1.165, 1.54) is 0 Å². The van der Waals surface area contributed by atoms with Gasteiger partial charge in [-0.25, -0.2) is 4.79 Å². The van der Waals surface area contributed by atoms with Gasteiger partial charge in [0, 0.05) is 6.08 Å². The lowest BCUT2D eigenvalue weighted by molar-refractivity contribution is -0.140. The fourth-order valence-electron chi connectivity index (χ4n) is 1.13. The highest BCUT2D eigenvalue weighted by molar-refractivity contribution is 5.66. The van der Waals surface area contributed by atoms with E-state index >= 15 is 0 Å². The minimum Gasteiger partial charge on any atom is -0.493 e. The third-order valence-corrected chi connectivity index (χ3v) is 1.87. The van der Waals surface area contributed by atoms with Gasteiger partial charge in [0.15, 0.2) is 11.8 Å². The van der Waals surface area contributed by atoms with Crippen LogP contribution in [-0.2, 0) is 4.74 Å². The first-order valence-corrected chi connectivity index (χ1v) is 3.85. The Bertz CT molecular complexity index is 255. The van der Waals surface area contributed by atoms with E-state index in [2.05, 4.69) is 0 Å². The first kappa shape index (κ1) is 10.8. The lowest BCUT2D eigenvalue weighted by Gasteiger charge is -2.36. The van der Waals surface area contributed by atoms with E-state index in [-0.39, 0.29) is 0 Å². The van der Waals surface area contributed by atoms with Crippen LogP contribution in [0.3, 0.4) is 0 Å². The molecule has 0 aromatic carbocycles. The Morgan fingerprint density at radius 1 is 1.64 bits per heavy atom. The molecule has 7 nitrogen and oxygen atoms in total. The second-order valence-electron chi connectivity index (χ2n) is 2.86. The molecule has 80 valence electrons. The number of hydrogen-bond acceptors (Lipinski definition) is 5. The van der Waals surface area contributed by atoms with Gasteiger partial charge in [0.2, 0.25) is 0 Å². The van der Waals surface area contributed by atoms with Gasteiger partial charge in [0.05, 0.1) is 12.9 Å². The first-order valence-electron chi connectivity index (χ1n) is 3.85. The van der Waals surface area contributed by atoms with Gasteiger partial charge >= 0.3 is 6.09 Å². The molecule has 1 amide bonds. The lowest BCUT2D eigenvalue weighted by atomic mass is 10.00. The Labute approximate surface area is 79.2 Å². The van der Waals surface area contributed by atoms with Gasteiger partial charge in [-0.3, -0.25) is 5.32 Å². The van der Waals surface area contributed by atoms with Gasteiger partial charge in [0.1, 0.15) is 6.10 Å². The maximum absolute atomic E-state index is 10.3. The third kappa shape index (κ3) is 1.95. The number of nitrogens with one attached hydrogen (secondary N) is 1. The zero-order valence-corrected chi connectivity index (χ0v) is 7.12. The van der Waals surface area contributed by atoms with Gasteiger partial charge in [0.25, 0.3) is 0 Å². The van der Waals surface area contributed by atoms with Crippen LogP contribution < -0.4 is 5.32 Å². The molecule has 0 fully saturated rings. The topological polar surface area (TPSA) is 119 Å². The van der Waals surface area contributed by atoms with Gasteiger partial charge in [-0.2, -0.15) is 0 Å². The molecule has 0 radical (unpaired) electrons. The molecule has 1 aliphatic rings. The van der Waals surface area contributed by atoms with E-state index in [9.17, 15) is 15.0 Å². The molecule has 0 aliphatic carbocycles. The van der Waals surface area contributed by atoms with Crippen molar-refractivity contribution in [1.82, 2.24) is 5.32 Å². The highest BCUT2D eigenvalue weighted by atomic mass is 16.5. The largest absolute Gasteiger partial charge is 0.493 e. The zero-order chi connectivity index (χ0) is 10.8. The lowest BCUT2D eigenvalue weighted by Crippen LogP contribution is -2.61. The maximum Gasteiger partial charge on any atom is 0.407 e. The molecule has 1 rings (SSSR count).